The van der Waals surface area contributed by atoms with E-state index in [2.05, 4.69) is 5.32 Å². The summed E-state index contributed by atoms with van der Waals surface area (Å²) in [6.45, 7) is 4.06. The van der Waals surface area contributed by atoms with Crippen molar-refractivity contribution >= 4 is 5.97 Å². The standard InChI is InChI=1S/C9H15NO2/c1-2-12-9(11)8-4-3-6-10-7-5-8/h5,10H,2-4,6-7H2,1H3. The molecule has 3 nitrogen and oxygen atoms in total. The summed E-state index contributed by atoms with van der Waals surface area (Å²) in [5.74, 6) is -0.152. The second-order valence-corrected chi connectivity index (χ2v) is 2.76. The van der Waals surface area contributed by atoms with Crippen LogP contribution >= 0.6 is 0 Å². The van der Waals surface area contributed by atoms with Crippen molar-refractivity contribution in [1.29, 1.82) is 0 Å². The van der Waals surface area contributed by atoms with Crippen molar-refractivity contribution in [3.63, 3.8) is 0 Å². The molecule has 0 bridgehead atoms. The molecular formula is C9H15NO2. The van der Waals surface area contributed by atoms with Gasteiger partial charge >= 0.3 is 5.97 Å². The first-order valence-electron chi connectivity index (χ1n) is 4.41. The van der Waals surface area contributed by atoms with E-state index in [4.69, 9.17) is 4.74 Å². The lowest BCUT2D eigenvalue weighted by Gasteiger charge is -2.03. The average molecular weight is 169 g/mol. The van der Waals surface area contributed by atoms with Gasteiger partial charge in [-0.3, -0.25) is 0 Å². The Kier molecular flexibility index (Phi) is 3.80. The van der Waals surface area contributed by atoms with Gasteiger partial charge in [0, 0.05) is 12.1 Å². The number of carbonyl (C=O) groups excluding carboxylic acids is 1. The van der Waals surface area contributed by atoms with Crippen LogP contribution in [0.4, 0.5) is 0 Å². The van der Waals surface area contributed by atoms with Gasteiger partial charge in [-0.15, -0.1) is 0 Å². The third kappa shape index (κ3) is 2.66. The molecule has 0 fully saturated rings. The van der Waals surface area contributed by atoms with Crippen LogP contribution in [-0.4, -0.2) is 25.7 Å². The Hall–Kier alpha value is -0.830. The van der Waals surface area contributed by atoms with Crippen LogP contribution in [0.5, 0.6) is 0 Å². The van der Waals surface area contributed by atoms with Crippen LogP contribution in [0.1, 0.15) is 19.8 Å². The van der Waals surface area contributed by atoms with E-state index in [0.29, 0.717) is 6.61 Å². The number of hydrogen-bond acceptors (Lipinski definition) is 3. The maximum Gasteiger partial charge on any atom is 0.333 e. The molecule has 0 radical (unpaired) electrons. The molecule has 0 unspecified atom stereocenters. The molecule has 1 heterocycles. The number of carbonyl (C=O) groups is 1. The summed E-state index contributed by atoms with van der Waals surface area (Å²) in [6, 6.07) is 0. The number of esters is 1. The number of rotatable bonds is 2. The second-order valence-electron chi connectivity index (χ2n) is 2.76. The quantitative estimate of drug-likeness (QED) is 0.623. The SMILES string of the molecule is CCOC(=O)C1=CCNCCC1. The molecule has 0 aromatic rings. The molecule has 68 valence electrons. The summed E-state index contributed by atoms with van der Waals surface area (Å²) >= 11 is 0. The van der Waals surface area contributed by atoms with Crippen LogP contribution < -0.4 is 5.32 Å². The fourth-order valence-electron chi connectivity index (χ4n) is 1.21. The molecule has 0 amide bonds. The Labute approximate surface area is 72.8 Å². The third-order valence-electron chi connectivity index (χ3n) is 1.83. The Morgan fingerprint density at radius 2 is 2.58 bits per heavy atom. The van der Waals surface area contributed by atoms with Crippen LogP contribution in [-0.2, 0) is 9.53 Å². The van der Waals surface area contributed by atoms with E-state index in [9.17, 15) is 4.79 Å². The summed E-state index contributed by atoms with van der Waals surface area (Å²) in [4.78, 5) is 11.2. The van der Waals surface area contributed by atoms with Crippen molar-refractivity contribution in [3.05, 3.63) is 11.6 Å². The topological polar surface area (TPSA) is 38.3 Å². The highest BCUT2D eigenvalue weighted by Gasteiger charge is 2.11. The van der Waals surface area contributed by atoms with Crippen LogP contribution in [0.3, 0.4) is 0 Å². The normalized spacial score (nSPS) is 17.9. The van der Waals surface area contributed by atoms with Crippen LogP contribution in [0, 0.1) is 0 Å². The predicted octanol–water partition coefficient (Wildman–Crippen LogP) is 0.859. The first-order chi connectivity index (χ1) is 5.84. The van der Waals surface area contributed by atoms with Crippen LogP contribution in [0.2, 0.25) is 0 Å². The fraction of sp³-hybridized carbons (Fsp3) is 0.667. The third-order valence-corrected chi connectivity index (χ3v) is 1.83. The fourth-order valence-corrected chi connectivity index (χ4v) is 1.21. The molecule has 0 aliphatic carbocycles. The predicted molar refractivity (Wildman–Crippen MR) is 46.8 cm³/mol. The molecule has 1 N–H and O–H groups in total. The molecule has 0 aromatic heterocycles. The number of nitrogens with one attached hydrogen (secondary N) is 1. The van der Waals surface area contributed by atoms with Crippen molar-refractivity contribution in [3.8, 4) is 0 Å². The molecular weight excluding hydrogens is 154 g/mol. The van der Waals surface area contributed by atoms with Gasteiger partial charge in [0.05, 0.1) is 6.61 Å². The molecule has 0 saturated heterocycles. The molecule has 1 aliphatic heterocycles. The summed E-state index contributed by atoms with van der Waals surface area (Å²) in [5, 5.41) is 3.19. The molecule has 1 aliphatic rings. The van der Waals surface area contributed by atoms with Crippen molar-refractivity contribution in [2.24, 2.45) is 0 Å². The lowest BCUT2D eigenvalue weighted by molar-refractivity contribution is -0.138. The minimum Gasteiger partial charge on any atom is -0.463 e. The smallest absolute Gasteiger partial charge is 0.333 e. The second kappa shape index (κ2) is 4.93. The van der Waals surface area contributed by atoms with E-state index in [0.717, 1.165) is 31.5 Å². The summed E-state index contributed by atoms with van der Waals surface area (Å²) < 4.78 is 4.90. The van der Waals surface area contributed by atoms with E-state index in [1.807, 2.05) is 13.0 Å². The molecule has 0 spiro atoms. The minimum absolute atomic E-state index is 0.152. The highest BCUT2D eigenvalue weighted by atomic mass is 16.5. The van der Waals surface area contributed by atoms with Crippen molar-refractivity contribution in [2.45, 2.75) is 19.8 Å². The summed E-state index contributed by atoms with van der Waals surface area (Å²) in [5.41, 5.74) is 0.821. The molecule has 12 heavy (non-hydrogen) atoms. The largest absolute Gasteiger partial charge is 0.463 e. The zero-order chi connectivity index (χ0) is 8.81. The maximum atomic E-state index is 11.2. The molecule has 1 rings (SSSR count). The van der Waals surface area contributed by atoms with E-state index < -0.39 is 0 Å². The van der Waals surface area contributed by atoms with Gasteiger partial charge in [0.15, 0.2) is 0 Å². The minimum atomic E-state index is -0.152. The first kappa shape index (κ1) is 9.26. The van der Waals surface area contributed by atoms with E-state index >= 15 is 0 Å². The van der Waals surface area contributed by atoms with Crippen molar-refractivity contribution in [1.82, 2.24) is 5.32 Å². The van der Waals surface area contributed by atoms with Gasteiger partial charge in [0.2, 0.25) is 0 Å². The van der Waals surface area contributed by atoms with Gasteiger partial charge in [-0.1, -0.05) is 6.08 Å². The van der Waals surface area contributed by atoms with Crippen LogP contribution in [0.25, 0.3) is 0 Å². The van der Waals surface area contributed by atoms with Gasteiger partial charge in [0.25, 0.3) is 0 Å². The molecule has 0 aromatic carbocycles. The van der Waals surface area contributed by atoms with E-state index in [1.54, 1.807) is 0 Å². The zero-order valence-electron chi connectivity index (χ0n) is 7.43. The highest BCUT2D eigenvalue weighted by molar-refractivity contribution is 5.88. The van der Waals surface area contributed by atoms with Crippen LogP contribution in [0.15, 0.2) is 11.6 Å². The number of ether oxygens (including phenoxy) is 1. The lowest BCUT2D eigenvalue weighted by atomic mass is 10.1. The Balaban J connectivity index is 2.47. The Morgan fingerprint density at radius 3 is 3.33 bits per heavy atom. The monoisotopic (exact) mass is 169 g/mol. The van der Waals surface area contributed by atoms with Gasteiger partial charge in [-0.25, -0.2) is 4.79 Å². The van der Waals surface area contributed by atoms with Crippen molar-refractivity contribution in [2.75, 3.05) is 19.7 Å². The van der Waals surface area contributed by atoms with E-state index in [1.165, 1.54) is 0 Å². The van der Waals surface area contributed by atoms with Gasteiger partial charge < -0.3 is 10.1 Å². The molecule has 0 atom stereocenters. The first-order valence-corrected chi connectivity index (χ1v) is 4.41. The molecule has 0 saturated carbocycles. The summed E-state index contributed by atoms with van der Waals surface area (Å²) in [7, 11) is 0. The zero-order valence-corrected chi connectivity index (χ0v) is 7.43. The lowest BCUT2D eigenvalue weighted by Crippen LogP contribution is -2.12. The molecule has 3 heteroatoms. The summed E-state index contributed by atoms with van der Waals surface area (Å²) in [6.07, 6.45) is 3.78. The number of hydrogen-bond donors (Lipinski definition) is 1. The Bertz CT molecular complexity index is 187. The van der Waals surface area contributed by atoms with Gasteiger partial charge in [0.1, 0.15) is 0 Å². The highest BCUT2D eigenvalue weighted by Crippen LogP contribution is 2.08. The Morgan fingerprint density at radius 1 is 1.75 bits per heavy atom. The van der Waals surface area contributed by atoms with E-state index in [-0.39, 0.29) is 5.97 Å². The average Bonchev–Trinajstić information content (AvgIpc) is 2.32. The van der Waals surface area contributed by atoms with Gasteiger partial charge in [-0.05, 0) is 26.3 Å². The van der Waals surface area contributed by atoms with Gasteiger partial charge in [-0.2, -0.15) is 0 Å². The van der Waals surface area contributed by atoms with Crippen molar-refractivity contribution < 1.29 is 9.53 Å². The maximum absolute atomic E-state index is 11.2.